The van der Waals surface area contributed by atoms with Crippen LogP contribution in [0, 0.1) is 11.7 Å². The van der Waals surface area contributed by atoms with Gasteiger partial charge in [0.1, 0.15) is 17.0 Å². The highest BCUT2D eigenvalue weighted by Gasteiger charge is 2.24. The summed E-state index contributed by atoms with van der Waals surface area (Å²) in [6.07, 6.45) is 1.82. The zero-order chi connectivity index (χ0) is 18.7. The second-order valence-corrected chi connectivity index (χ2v) is 6.24. The minimum atomic E-state index is -0.673. The Hall–Kier alpha value is -3.22. The molecule has 0 aliphatic rings. The lowest BCUT2D eigenvalue weighted by molar-refractivity contribution is -0.116. The van der Waals surface area contributed by atoms with Crippen molar-refractivity contribution in [3.8, 4) is 0 Å². The number of para-hydroxylation sites is 1. The van der Waals surface area contributed by atoms with Gasteiger partial charge in [0.25, 0.3) is 5.91 Å². The van der Waals surface area contributed by atoms with Crippen LogP contribution in [0.3, 0.4) is 0 Å². The SMILES string of the molecule is CC(C)CC(=O)Nc1c(C(=O)Nc2ccccc2F)oc2cccnc12. The molecule has 2 aromatic heterocycles. The van der Waals surface area contributed by atoms with Crippen molar-refractivity contribution in [1.29, 1.82) is 0 Å². The van der Waals surface area contributed by atoms with Crippen LogP contribution in [0.25, 0.3) is 11.1 Å². The van der Waals surface area contributed by atoms with E-state index in [1.54, 1.807) is 18.2 Å². The number of amides is 2. The lowest BCUT2D eigenvalue weighted by atomic mass is 10.1. The van der Waals surface area contributed by atoms with Crippen LogP contribution < -0.4 is 10.6 Å². The number of carbonyl (C=O) groups is 2. The molecule has 6 nitrogen and oxygen atoms in total. The highest BCUT2D eigenvalue weighted by atomic mass is 19.1. The van der Waals surface area contributed by atoms with Crippen molar-refractivity contribution in [2.75, 3.05) is 10.6 Å². The number of aromatic nitrogens is 1. The van der Waals surface area contributed by atoms with Crippen LogP contribution in [0.15, 0.2) is 47.0 Å². The largest absolute Gasteiger partial charge is 0.447 e. The van der Waals surface area contributed by atoms with Crippen LogP contribution in [0.4, 0.5) is 15.8 Å². The molecule has 0 aliphatic heterocycles. The Labute approximate surface area is 149 Å². The molecule has 7 heteroatoms. The first-order chi connectivity index (χ1) is 12.5. The average molecular weight is 355 g/mol. The van der Waals surface area contributed by atoms with Crippen molar-refractivity contribution in [1.82, 2.24) is 4.98 Å². The molecule has 0 radical (unpaired) electrons. The highest BCUT2D eigenvalue weighted by molar-refractivity contribution is 6.13. The van der Waals surface area contributed by atoms with E-state index in [4.69, 9.17) is 4.42 Å². The van der Waals surface area contributed by atoms with E-state index < -0.39 is 11.7 Å². The topological polar surface area (TPSA) is 84.2 Å². The quantitative estimate of drug-likeness (QED) is 0.718. The summed E-state index contributed by atoms with van der Waals surface area (Å²) in [6, 6.07) is 9.09. The second kappa shape index (κ2) is 7.35. The number of anilines is 2. The van der Waals surface area contributed by atoms with Crippen molar-refractivity contribution < 1.29 is 18.4 Å². The average Bonchev–Trinajstić information content (AvgIpc) is 2.95. The lowest BCUT2D eigenvalue weighted by Crippen LogP contribution is -2.18. The number of halogens is 1. The molecule has 0 saturated heterocycles. The van der Waals surface area contributed by atoms with E-state index in [2.05, 4.69) is 15.6 Å². The van der Waals surface area contributed by atoms with Gasteiger partial charge in [-0.25, -0.2) is 4.39 Å². The summed E-state index contributed by atoms with van der Waals surface area (Å²) in [6.45, 7) is 3.83. The van der Waals surface area contributed by atoms with E-state index in [1.165, 1.54) is 24.4 Å². The predicted octanol–water partition coefficient (Wildman–Crippen LogP) is 4.20. The molecule has 3 aromatic rings. The number of nitrogens with one attached hydrogen (secondary N) is 2. The number of nitrogens with zero attached hydrogens (tertiary/aromatic N) is 1. The third kappa shape index (κ3) is 3.72. The minimum absolute atomic E-state index is 0.0189. The van der Waals surface area contributed by atoms with Crippen LogP contribution in [0.1, 0.15) is 30.8 Å². The van der Waals surface area contributed by atoms with Crippen LogP contribution >= 0.6 is 0 Å². The van der Waals surface area contributed by atoms with Crippen LogP contribution in [0.2, 0.25) is 0 Å². The summed E-state index contributed by atoms with van der Waals surface area (Å²) in [7, 11) is 0. The molecule has 134 valence electrons. The van der Waals surface area contributed by atoms with Gasteiger partial charge in [0, 0.05) is 12.6 Å². The first-order valence-corrected chi connectivity index (χ1v) is 8.19. The number of hydrogen-bond donors (Lipinski definition) is 2. The molecular weight excluding hydrogens is 337 g/mol. The summed E-state index contributed by atoms with van der Waals surface area (Å²) in [5, 5.41) is 5.15. The summed E-state index contributed by atoms with van der Waals surface area (Å²) < 4.78 is 19.4. The fourth-order valence-corrected chi connectivity index (χ4v) is 2.51. The van der Waals surface area contributed by atoms with E-state index in [0.717, 1.165) is 0 Å². The van der Waals surface area contributed by atoms with Gasteiger partial charge in [-0.05, 0) is 30.2 Å². The molecule has 0 bridgehead atoms. The Morgan fingerprint density at radius 1 is 1.15 bits per heavy atom. The number of benzene rings is 1. The van der Waals surface area contributed by atoms with Crippen molar-refractivity contribution in [2.24, 2.45) is 5.92 Å². The summed E-state index contributed by atoms with van der Waals surface area (Å²) in [5.41, 5.74) is 0.916. The van der Waals surface area contributed by atoms with Gasteiger partial charge in [0.05, 0.1) is 5.69 Å². The lowest BCUT2D eigenvalue weighted by Gasteiger charge is -2.08. The Kier molecular flexibility index (Phi) is 4.97. The van der Waals surface area contributed by atoms with Gasteiger partial charge >= 0.3 is 0 Å². The molecule has 1 aromatic carbocycles. The van der Waals surface area contributed by atoms with E-state index in [9.17, 15) is 14.0 Å². The first kappa shape index (κ1) is 17.6. The number of hydrogen-bond acceptors (Lipinski definition) is 4. The zero-order valence-corrected chi connectivity index (χ0v) is 14.4. The Bertz CT molecular complexity index is 966. The molecule has 2 amide bonds. The van der Waals surface area contributed by atoms with Crippen molar-refractivity contribution in [3.05, 3.63) is 54.2 Å². The van der Waals surface area contributed by atoms with Gasteiger partial charge in [-0.3, -0.25) is 14.6 Å². The minimum Gasteiger partial charge on any atom is -0.447 e. The fourth-order valence-electron chi connectivity index (χ4n) is 2.51. The maximum absolute atomic E-state index is 13.8. The van der Waals surface area contributed by atoms with Crippen molar-refractivity contribution in [3.63, 3.8) is 0 Å². The van der Waals surface area contributed by atoms with E-state index in [0.29, 0.717) is 11.1 Å². The number of furan rings is 1. The van der Waals surface area contributed by atoms with Crippen molar-refractivity contribution >= 4 is 34.3 Å². The smallest absolute Gasteiger partial charge is 0.293 e. The van der Waals surface area contributed by atoms with E-state index in [1.807, 2.05) is 13.8 Å². The highest BCUT2D eigenvalue weighted by Crippen LogP contribution is 2.30. The second-order valence-electron chi connectivity index (χ2n) is 6.24. The summed E-state index contributed by atoms with van der Waals surface area (Å²) >= 11 is 0. The monoisotopic (exact) mass is 355 g/mol. The van der Waals surface area contributed by atoms with E-state index >= 15 is 0 Å². The molecule has 3 rings (SSSR count). The van der Waals surface area contributed by atoms with Gasteiger partial charge in [-0.15, -0.1) is 0 Å². The maximum Gasteiger partial charge on any atom is 0.293 e. The first-order valence-electron chi connectivity index (χ1n) is 8.19. The molecule has 0 spiro atoms. The van der Waals surface area contributed by atoms with Crippen LogP contribution in [-0.2, 0) is 4.79 Å². The molecule has 2 N–H and O–H groups in total. The number of pyridine rings is 1. The molecule has 0 atom stereocenters. The van der Waals surface area contributed by atoms with Crippen LogP contribution in [0.5, 0.6) is 0 Å². The fraction of sp³-hybridized carbons (Fsp3) is 0.211. The normalized spacial score (nSPS) is 10.9. The summed E-state index contributed by atoms with van der Waals surface area (Å²) in [5.74, 6) is -1.47. The molecule has 26 heavy (non-hydrogen) atoms. The van der Waals surface area contributed by atoms with Gasteiger partial charge in [0.2, 0.25) is 11.7 Å². The van der Waals surface area contributed by atoms with Gasteiger partial charge in [-0.1, -0.05) is 26.0 Å². The Balaban J connectivity index is 1.96. The van der Waals surface area contributed by atoms with Crippen molar-refractivity contribution in [2.45, 2.75) is 20.3 Å². The zero-order valence-electron chi connectivity index (χ0n) is 14.4. The Morgan fingerprint density at radius 3 is 2.65 bits per heavy atom. The molecule has 0 fully saturated rings. The molecule has 0 aliphatic carbocycles. The number of fused-ring (bicyclic) bond motifs is 1. The van der Waals surface area contributed by atoms with E-state index in [-0.39, 0.29) is 35.4 Å². The van der Waals surface area contributed by atoms with Gasteiger partial charge < -0.3 is 15.1 Å². The number of rotatable bonds is 5. The molecule has 0 saturated carbocycles. The summed E-state index contributed by atoms with van der Waals surface area (Å²) in [4.78, 5) is 29.0. The third-order valence-electron chi connectivity index (χ3n) is 3.63. The van der Waals surface area contributed by atoms with Gasteiger partial charge in [-0.2, -0.15) is 0 Å². The molecule has 0 unspecified atom stereocenters. The number of carbonyl (C=O) groups excluding carboxylic acids is 2. The van der Waals surface area contributed by atoms with Gasteiger partial charge in [0.15, 0.2) is 5.58 Å². The standard InChI is InChI=1S/C19H18FN3O3/c1-11(2)10-15(24)23-17-16-14(8-5-9-21-16)26-18(17)19(25)22-13-7-4-3-6-12(13)20/h3-9,11H,10H2,1-2H3,(H,22,25)(H,23,24). The Morgan fingerprint density at radius 2 is 1.92 bits per heavy atom. The van der Waals surface area contributed by atoms with Crippen LogP contribution in [-0.4, -0.2) is 16.8 Å². The predicted molar refractivity (Wildman–Crippen MR) is 96.4 cm³/mol. The maximum atomic E-state index is 13.8. The molecule has 2 heterocycles. The third-order valence-corrected chi connectivity index (χ3v) is 3.63. The molecular formula is C19H18FN3O3.